The minimum absolute atomic E-state index is 0.495. The third-order valence-corrected chi connectivity index (χ3v) is 4.74. The van der Waals surface area contributed by atoms with E-state index in [0.717, 1.165) is 23.0 Å². The van der Waals surface area contributed by atoms with Crippen LogP contribution < -0.4 is 4.74 Å². The van der Waals surface area contributed by atoms with Crippen LogP contribution in [0.1, 0.15) is 12.1 Å². The maximum atomic E-state index is 12.0. The monoisotopic (exact) mass is 326 g/mol. The number of fused-ring (bicyclic) bond motifs is 1. The lowest BCUT2D eigenvalue weighted by molar-refractivity contribution is 0.307. The average Bonchev–Trinajstić information content (AvgIpc) is 2.59. The molecule has 0 N–H and O–H groups in total. The molecule has 0 saturated heterocycles. The van der Waals surface area contributed by atoms with Crippen LogP contribution in [-0.2, 0) is 16.6 Å². The van der Waals surface area contributed by atoms with Gasteiger partial charge in [-0.15, -0.1) is 0 Å². The van der Waals surface area contributed by atoms with E-state index in [1.165, 1.54) is 0 Å². The minimum atomic E-state index is -0.914. The zero-order valence-corrected chi connectivity index (χ0v) is 13.5. The van der Waals surface area contributed by atoms with Crippen molar-refractivity contribution in [3.8, 4) is 5.88 Å². The maximum absolute atomic E-state index is 12.0. The van der Waals surface area contributed by atoms with Gasteiger partial charge in [-0.2, -0.15) is 0 Å². The molecular weight excluding hydrogens is 308 g/mol. The van der Waals surface area contributed by atoms with Crippen molar-refractivity contribution >= 4 is 21.7 Å². The number of rotatable bonds is 7. The Morgan fingerprint density at radius 2 is 1.87 bits per heavy atom. The molecule has 118 valence electrons. The van der Waals surface area contributed by atoms with Crippen LogP contribution >= 0.6 is 0 Å². The van der Waals surface area contributed by atoms with Gasteiger partial charge in [-0.3, -0.25) is 9.19 Å². The molecule has 0 aliphatic carbocycles. The van der Waals surface area contributed by atoms with Crippen molar-refractivity contribution in [1.29, 1.82) is 0 Å². The molecule has 4 nitrogen and oxygen atoms in total. The summed E-state index contributed by atoms with van der Waals surface area (Å²) in [5, 5.41) is 1.09. The molecule has 0 saturated carbocycles. The fourth-order valence-electron chi connectivity index (χ4n) is 2.24. The topological polar surface area (TPSA) is 52.1 Å². The molecule has 3 rings (SSSR count). The Labute approximate surface area is 138 Å². The van der Waals surface area contributed by atoms with E-state index in [0.29, 0.717) is 24.0 Å². The second-order valence-corrected chi connectivity index (χ2v) is 6.73. The number of ether oxygens (including phenoxy) is 1. The van der Waals surface area contributed by atoms with E-state index in [-0.39, 0.29) is 0 Å². The van der Waals surface area contributed by atoms with Crippen molar-refractivity contribution in [2.45, 2.75) is 12.2 Å². The molecule has 1 aromatic carbocycles. The molecule has 5 heteroatoms. The van der Waals surface area contributed by atoms with E-state index in [2.05, 4.69) is 9.97 Å². The molecule has 0 amide bonds. The van der Waals surface area contributed by atoms with Gasteiger partial charge in [0.05, 0.1) is 23.6 Å². The normalized spacial score (nSPS) is 12.2. The van der Waals surface area contributed by atoms with Crippen LogP contribution in [0.2, 0.25) is 0 Å². The van der Waals surface area contributed by atoms with Gasteiger partial charge in [0.25, 0.3) is 0 Å². The van der Waals surface area contributed by atoms with Gasteiger partial charge in [-0.25, -0.2) is 4.98 Å². The average molecular weight is 326 g/mol. The molecule has 0 aliphatic heterocycles. The first-order chi connectivity index (χ1) is 11.3. The zero-order valence-electron chi connectivity index (χ0n) is 12.7. The van der Waals surface area contributed by atoms with Crippen molar-refractivity contribution in [3.05, 3.63) is 66.5 Å². The third-order valence-electron chi connectivity index (χ3n) is 3.37. The van der Waals surface area contributed by atoms with E-state index in [1.54, 1.807) is 6.20 Å². The predicted molar refractivity (Wildman–Crippen MR) is 92.8 cm³/mol. The molecule has 0 radical (unpaired) electrons. The molecule has 2 aromatic heterocycles. The van der Waals surface area contributed by atoms with Crippen LogP contribution in [0.5, 0.6) is 5.88 Å². The van der Waals surface area contributed by atoms with Crippen molar-refractivity contribution in [1.82, 2.24) is 9.97 Å². The van der Waals surface area contributed by atoms with E-state index in [1.807, 2.05) is 54.6 Å². The Morgan fingerprint density at radius 3 is 2.74 bits per heavy atom. The highest BCUT2D eigenvalue weighted by Gasteiger charge is 2.04. The number of hydrogen-bond donors (Lipinski definition) is 0. The Balaban J connectivity index is 1.44. The quantitative estimate of drug-likeness (QED) is 0.625. The Hall–Kier alpha value is -2.27. The number of pyridine rings is 2. The lowest BCUT2D eigenvalue weighted by Crippen LogP contribution is -2.07. The minimum Gasteiger partial charge on any atom is -0.478 e. The number of para-hydroxylation sites is 1. The molecule has 2 heterocycles. The summed E-state index contributed by atoms with van der Waals surface area (Å²) >= 11 is 0. The molecular formula is C18H18N2O2S. The second kappa shape index (κ2) is 7.83. The molecule has 0 aliphatic rings. The molecule has 1 unspecified atom stereocenters. The highest BCUT2D eigenvalue weighted by atomic mass is 32.2. The second-order valence-electron chi connectivity index (χ2n) is 5.15. The fraction of sp³-hybridized carbons (Fsp3) is 0.222. The summed E-state index contributed by atoms with van der Waals surface area (Å²) in [5.74, 6) is 1.71. The highest BCUT2D eigenvalue weighted by Crippen LogP contribution is 2.16. The smallest absolute Gasteiger partial charge is 0.213 e. The highest BCUT2D eigenvalue weighted by molar-refractivity contribution is 7.84. The summed E-state index contributed by atoms with van der Waals surface area (Å²) in [6.07, 6.45) is 2.45. The van der Waals surface area contributed by atoms with Gasteiger partial charge in [0, 0.05) is 34.2 Å². The number of aromatic nitrogens is 2. The van der Waals surface area contributed by atoms with Gasteiger partial charge >= 0.3 is 0 Å². The van der Waals surface area contributed by atoms with E-state index in [9.17, 15) is 4.21 Å². The molecule has 0 spiro atoms. The van der Waals surface area contributed by atoms with E-state index >= 15 is 0 Å². The first kappa shape index (κ1) is 15.6. The first-order valence-corrected chi connectivity index (χ1v) is 9.03. The predicted octanol–water partition coefficient (Wildman–Crippen LogP) is 3.35. The van der Waals surface area contributed by atoms with Gasteiger partial charge in [-0.05, 0) is 30.7 Å². The molecule has 1 atom stereocenters. The van der Waals surface area contributed by atoms with E-state index in [4.69, 9.17) is 4.74 Å². The van der Waals surface area contributed by atoms with Crippen LogP contribution in [0.4, 0.5) is 0 Å². The summed E-state index contributed by atoms with van der Waals surface area (Å²) in [7, 11) is -0.914. The lowest BCUT2D eigenvalue weighted by Gasteiger charge is -2.06. The standard InChI is InChI=1S/C18H18N2O2S/c21-23(14-16-7-3-4-11-19-16)13-5-12-22-18-10-9-15-6-1-2-8-17(15)20-18/h1-4,6-11H,5,12-14H2. The first-order valence-electron chi connectivity index (χ1n) is 7.55. The van der Waals surface area contributed by atoms with Crippen molar-refractivity contribution < 1.29 is 8.95 Å². The molecule has 0 bridgehead atoms. The molecule has 3 aromatic rings. The third kappa shape index (κ3) is 4.60. The van der Waals surface area contributed by atoms with E-state index < -0.39 is 10.8 Å². The van der Waals surface area contributed by atoms with Crippen LogP contribution in [0.15, 0.2) is 60.8 Å². The summed E-state index contributed by atoms with van der Waals surface area (Å²) in [5.41, 5.74) is 1.78. The number of nitrogens with zero attached hydrogens (tertiary/aromatic N) is 2. The summed E-state index contributed by atoms with van der Waals surface area (Å²) in [6.45, 7) is 0.513. The lowest BCUT2D eigenvalue weighted by atomic mass is 10.2. The number of benzene rings is 1. The zero-order chi connectivity index (χ0) is 15.9. The largest absolute Gasteiger partial charge is 0.478 e. The van der Waals surface area contributed by atoms with Crippen LogP contribution in [0.3, 0.4) is 0 Å². The SMILES string of the molecule is O=S(CCCOc1ccc2ccccc2n1)Cc1ccccn1. The maximum Gasteiger partial charge on any atom is 0.213 e. The van der Waals surface area contributed by atoms with Gasteiger partial charge < -0.3 is 4.74 Å². The van der Waals surface area contributed by atoms with Crippen molar-refractivity contribution in [2.24, 2.45) is 0 Å². The summed E-state index contributed by atoms with van der Waals surface area (Å²) < 4.78 is 17.7. The fourth-order valence-corrected chi connectivity index (χ4v) is 3.33. The Bertz CT molecular complexity index is 793. The van der Waals surface area contributed by atoms with Crippen molar-refractivity contribution in [2.75, 3.05) is 12.4 Å². The van der Waals surface area contributed by atoms with Gasteiger partial charge in [0.2, 0.25) is 5.88 Å². The summed E-state index contributed by atoms with van der Waals surface area (Å²) in [4.78, 5) is 8.64. The van der Waals surface area contributed by atoms with Crippen LogP contribution in [0.25, 0.3) is 10.9 Å². The van der Waals surface area contributed by atoms with Gasteiger partial charge in [0.15, 0.2) is 0 Å². The Morgan fingerprint density at radius 1 is 1.00 bits per heavy atom. The van der Waals surface area contributed by atoms with Gasteiger partial charge in [0.1, 0.15) is 0 Å². The summed E-state index contributed by atoms with van der Waals surface area (Å²) in [6, 6.07) is 17.5. The number of hydrogen-bond acceptors (Lipinski definition) is 4. The Kier molecular flexibility index (Phi) is 5.32. The van der Waals surface area contributed by atoms with Gasteiger partial charge in [-0.1, -0.05) is 24.3 Å². The van der Waals surface area contributed by atoms with Crippen molar-refractivity contribution in [3.63, 3.8) is 0 Å². The molecule has 23 heavy (non-hydrogen) atoms. The van der Waals surface area contributed by atoms with Crippen LogP contribution in [-0.4, -0.2) is 26.5 Å². The van der Waals surface area contributed by atoms with Crippen LogP contribution in [0, 0.1) is 0 Å². The molecule has 0 fully saturated rings.